The molecule has 82 valence electrons. The van der Waals surface area contributed by atoms with Crippen LogP contribution in [-0.2, 0) is 9.53 Å². The van der Waals surface area contributed by atoms with Gasteiger partial charge in [-0.3, -0.25) is 4.79 Å². The number of allylic oxidation sites excluding steroid dienone is 3. The Balaban J connectivity index is 2.51. The number of carbonyl (C=O) groups excluding carboxylic acids is 1. The molecule has 3 N–H and O–H groups in total. The van der Waals surface area contributed by atoms with Crippen molar-refractivity contribution in [2.75, 3.05) is 20.2 Å². The summed E-state index contributed by atoms with van der Waals surface area (Å²) in [6.07, 6.45) is 8.59. The molecule has 0 unspecified atom stereocenters. The quantitative estimate of drug-likeness (QED) is 0.706. The van der Waals surface area contributed by atoms with Gasteiger partial charge >= 0.3 is 0 Å². The van der Waals surface area contributed by atoms with Gasteiger partial charge in [-0.1, -0.05) is 18.2 Å². The third-order valence-electron chi connectivity index (χ3n) is 2.07. The molecule has 0 saturated heterocycles. The molecule has 4 nitrogen and oxygen atoms in total. The second kappa shape index (κ2) is 6.03. The van der Waals surface area contributed by atoms with Crippen molar-refractivity contribution in [1.82, 2.24) is 5.32 Å². The van der Waals surface area contributed by atoms with E-state index >= 15 is 0 Å². The smallest absolute Gasteiger partial charge is 0.234 e. The van der Waals surface area contributed by atoms with Gasteiger partial charge in [-0.25, -0.2) is 0 Å². The second-order valence-corrected chi connectivity index (χ2v) is 3.17. The van der Waals surface area contributed by atoms with E-state index in [-0.39, 0.29) is 12.5 Å². The van der Waals surface area contributed by atoms with Crippen molar-refractivity contribution in [1.29, 1.82) is 0 Å². The van der Waals surface area contributed by atoms with Gasteiger partial charge in [0, 0.05) is 13.0 Å². The molecule has 0 bridgehead atoms. The lowest BCUT2D eigenvalue weighted by molar-refractivity contribution is -0.119. The minimum absolute atomic E-state index is 0.0240. The van der Waals surface area contributed by atoms with Crippen LogP contribution in [0.1, 0.15) is 6.42 Å². The number of nitrogens with two attached hydrogens (primary N) is 1. The normalized spacial score (nSPS) is 15.1. The number of nitrogens with one attached hydrogen (secondary N) is 1. The van der Waals surface area contributed by atoms with Crippen LogP contribution in [0.5, 0.6) is 0 Å². The fourth-order valence-corrected chi connectivity index (χ4v) is 1.19. The zero-order valence-electron chi connectivity index (χ0n) is 8.82. The molecule has 0 radical (unpaired) electrons. The highest BCUT2D eigenvalue weighted by molar-refractivity contribution is 5.78. The van der Waals surface area contributed by atoms with Crippen molar-refractivity contribution in [2.24, 2.45) is 5.73 Å². The molecule has 0 aromatic carbocycles. The number of amides is 1. The zero-order chi connectivity index (χ0) is 11.1. The van der Waals surface area contributed by atoms with Gasteiger partial charge in [-0.15, -0.1) is 0 Å². The number of ether oxygens (including phenoxy) is 1. The molecule has 0 fully saturated rings. The molecule has 1 amide bonds. The molecular weight excluding hydrogens is 192 g/mol. The summed E-state index contributed by atoms with van der Waals surface area (Å²) in [6.45, 7) is 0.524. The Bertz CT molecular complexity index is 317. The molecule has 0 heterocycles. The molecule has 0 spiro atoms. The van der Waals surface area contributed by atoms with Crippen LogP contribution in [0.15, 0.2) is 35.6 Å². The zero-order valence-corrected chi connectivity index (χ0v) is 8.82. The summed E-state index contributed by atoms with van der Waals surface area (Å²) >= 11 is 0. The topological polar surface area (TPSA) is 64.3 Å². The number of hydrogen-bond donors (Lipinski definition) is 2. The van der Waals surface area contributed by atoms with Gasteiger partial charge in [-0.2, -0.15) is 0 Å². The minimum Gasteiger partial charge on any atom is -0.501 e. The Hall–Kier alpha value is -1.55. The molecular formula is C11H16N2O2. The lowest BCUT2D eigenvalue weighted by atomic mass is 10.2. The van der Waals surface area contributed by atoms with E-state index < -0.39 is 0 Å². The molecule has 1 aliphatic rings. The van der Waals surface area contributed by atoms with Crippen LogP contribution in [0.3, 0.4) is 0 Å². The lowest BCUT2D eigenvalue weighted by Crippen LogP contribution is -2.31. The highest BCUT2D eigenvalue weighted by Gasteiger charge is 2.01. The maximum atomic E-state index is 10.9. The first-order chi connectivity index (χ1) is 7.26. The molecule has 0 aromatic heterocycles. The van der Waals surface area contributed by atoms with Gasteiger partial charge in [-0.05, 0) is 11.6 Å². The number of methoxy groups -OCH3 is 1. The van der Waals surface area contributed by atoms with E-state index in [1.165, 1.54) is 0 Å². The fraction of sp³-hybridized carbons (Fsp3) is 0.364. The van der Waals surface area contributed by atoms with Crippen molar-refractivity contribution in [2.45, 2.75) is 6.42 Å². The average Bonchev–Trinajstić information content (AvgIpc) is 2.50. The molecule has 4 heteroatoms. The van der Waals surface area contributed by atoms with Crippen LogP contribution >= 0.6 is 0 Å². The molecule has 0 aromatic rings. The van der Waals surface area contributed by atoms with E-state index in [1.54, 1.807) is 7.11 Å². The number of hydrogen-bond acceptors (Lipinski definition) is 3. The Kier molecular flexibility index (Phi) is 4.63. The molecule has 0 saturated carbocycles. The van der Waals surface area contributed by atoms with E-state index in [2.05, 4.69) is 5.32 Å². The number of carbonyl (C=O) groups is 1. The summed E-state index contributed by atoms with van der Waals surface area (Å²) < 4.78 is 5.12. The molecule has 0 aliphatic heterocycles. The van der Waals surface area contributed by atoms with Crippen LogP contribution < -0.4 is 11.1 Å². The predicted molar refractivity (Wildman–Crippen MR) is 59.0 cm³/mol. The highest BCUT2D eigenvalue weighted by atomic mass is 16.5. The minimum atomic E-state index is -0.149. The summed E-state index contributed by atoms with van der Waals surface area (Å²) in [5, 5.41) is 2.71. The lowest BCUT2D eigenvalue weighted by Gasteiger charge is -2.02. The number of rotatable bonds is 4. The van der Waals surface area contributed by atoms with Gasteiger partial charge in [0.05, 0.1) is 19.4 Å². The first kappa shape index (κ1) is 11.5. The third-order valence-corrected chi connectivity index (χ3v) is 2.07. The van der Waals surface area contributed by atoms with Gasteiger partial charge in [0.1, 0.15) is 0 Å². The van der Waals surface area contributed by atoms with Crippen molar-refractivity contribution in [3.05, 3.63) is 35.6 Å². The molecule has 1 aliphatic carbocycles. The van der Waals surface area contributed by atoms with E-state index in [0.29, 0.717) is 6.54 Å². The third kappa shape index (κ3) is 3.99. The van der Waals surface area contributed by atoms with E-state index in [1.807, 2.05) is 24.3 Å². The van der Waals surface area contributed by atoms with E-state index in [4.69, 9.17) is 10.5 Å². The Morgan fingerprint density at radius 3 is 3.07 bits per heavy atom. The van der Waals surface area contributed by atoms with Gasteiger partial charge < -0.3 is 15.8 Å². The summed E-state index contributed by atoms with van der Waals surface area (Å²) in [6, 6.07) is 0. The Labute approximate surface area is 89.5 Å². The molecule has 1 rings (SSSR count). The standard InChI is InChI=1S/C11H16N2O2/c1-15-10-4-2-3-9(5-6-10)8-13-11(14)7-12/h2-3,5-6H,4,7-8,12H2,1H3,(H,13,14). The van der Waals surface area contributed by atoms with Gasteiger partial charge in [0.15, 0.2) is 0 Å². The molecule has 0 atom stereocenters. The monoisotopic (exact) mass is 208 g/mol. The molecule has 15 heavy (non-hydrogen) atoms. The summed E-state index contributed by atoms with van der Waals surface area (Å²) in [5.41, 5.74) is 6.21. The van der Waals surface area contributed by atoms with Crippen molar-refractivity contribution in [3.8, 4) is 0 Å². The van der Waals surface area contributed by atoms with E-state index in [0.717, 1.165) is 17.8 Å². The highest BCUT2D eigenvalue weighted by Crippen LogP contribution is 2.10. The Morgan fingerprint density at radius 2 is 2.40 bits per heavy atom. The fourth-order valence-electron chi connectivity index (χ4n) is 1.19. The van der Waals surface area contributed by atoms with Crippen molar-refractivity contribution >= 4 is 5.91 Å². The van der Waals surface area contributed by atoms with Crippen LogP contribution in [0.2, 0.25) is 0 Å². The second-order valence-electron chi connectivity index (χ2n) is 3.17. The van der Waals surface area contributed by atoms with Crippen LogP contribution in [0.4, 0.5) is 0 Å². The van der Waals surface area contributed by atoms with Crippen LogP contribution in [0, 0.1) is 0 Å². The van der Waals surface area contributed by atoms with E-state index in [9.17, 15) is 4.79 Å². The maximum Gasteiger partial charge on any atom is 0.234 e. The van der Waals surface area contributed by atoms with Crippen molar-refractivity contribution in [3.63, 3.8) is 0 Å². The first-order valence-corrected chi connectivity index (χ1v) is 4.83. The average molecular weight is 208 g/mol. The van der Waals surface area contributed by atoms with Crippen LogP contribution in [-0.4, -0.2) is 26.1 Å². The van der Waals surface area contributed by atoms with Crippen LogP contribution in [0.25, 0.3) is 0 Å². The van der Waals surface area contributed by atoms with Gasteiger partial charge in [0.2, 0.25) is 5.91 Å². The Morgan fingerprint density at radius 1 is 1.60 bits per heavy atom. The van der Waals surface area contributed by atoms with Crippen molar-refractivity contribution < 1.29 is 9.53 Å². The first-order valence-electron chi connectivity index (χ1n) is 4.83. The maximum absolute atomic E-state index is 10.9. The predicted octanol–water partition coefficient (Wildman–Crippen LogP) is 0.478. The SMILES string of the molecule is COC1=CC=C(CNC(=O)CN)C=CC1. The van der Waals surface area contributed by atoms with Gasteiger partial charge in [0.25, 0.3) is 0 Å². The summed E-state index contributed by atoms with van der Waals surface area (Å²) in [5.74, 6) is 0.760. The largest absolute Gasteiger partial charge is 0.501 e. The summed E-state index contributed by atoms with van der Waals surface area (Å²) in [7, 11) is 1.65. The summed E-state index contributed by atoms with van der Waals surface area (Å²) in [4.78, 5) is 10.9.